The van der Waals surface area contributed by atoms with Crippen molar-refractivity contribution in [3.63, 3.8) is 0 Å². The van der Waals surface area contributed by atoms with Gasteiger partial charge >= 0.3 is 6.18 Å². The van der Waals surface area contributed by atoms with Gasteiger partial charge in [-0.05, 0) is 19.4 Å². The molecule has 1 aliphatic rings. The minimum atomic E-state index is -4.20. The van der Waals surface area contributed by atoms with E-state index in [1.54, 1.807) is 24.2 Å². The second-order valence-corrected chi connectivity index (χ2v) is 5.26. The number of alkyl halides is 3. The molecule has 1 unspecified atom stereocenters. The molecule has 1 aromatic rings. The number of halogens is 3. The highest BCUT2D eigenvalue weighted by Crippen LogP contribution is 2.23. The van der Waals surface area contributed by atoms with Crippen LogP contribution in [0.1, 0.15) is 23.8 Å². The molecule has 1 fully saturated rings. The van der Waals surface area contributed by atoms with Crippen molar-refractivity contribution in [2.75, 3.05) is 26.2 Å². The topological polar surface area (TPSA) is 41.4 Å². The van der Waals surface area contributed by atoms with Crippen LogP contribution in [-0.4, -0.2) is 63.9 Å². The number of rotatable bonds is 4. The van der Waals surface area contributed by atoms with Crippen molar-refractivity contribution >= 4 is 5.91 Å². The third-order valence-corrected chi connectivity index (χ3v) is 3.63. The lowest BCUT2D eigenvalue weighted by atomic mass is 10.2. The van der Waals surface area contributed by atoms with Gasteiger partial charge in [0.05, 0.1) is 6.54 Å². The molecule has 0 bridgehead atoms. The first kappa shape index (κ1) is 15.8. The number of hydrogen-bond acceptors (Lipinski definition) is 3. The lowest BCUT2D eigenvalue weighted by Gasteiger charge is -2.27. The first-order chi connectivity index (χ1) is 9.80. The van der Waals surface area contributed by atoms with Crippen molar-refractivity contribution in [2.24, 2.45) is 7.05 Å². The van der Waals surface area contributed by atoms with Gasteiger partial charge in [0.15, 0.2) is 0 Å². The average molecular weight is 304 g/mol. The summed E-state index contributed by atoms with van der Waals surface area (Å²) in [6.45, 7) is 1.98. The maximum atomic E-state index is 12.4. The number of aryl methyl sites for hydroxylation is 1. The van der Waals surface area contributed by atoms with Gasteiger partial charge in [0.2, 0.25) is 0 Å². The molecule has 0 N–H and O–H groups in total. The Labute approximate surface area is 121 Å². The monoisotopic (exact) mass is 304 g/mol. The molecule has 2 rings (SSSR count). The summed E-state index contributed by atoms with van der Waals surface area (Å²) in [5.74, 6) is -0.225. The predicted octanol–water partition coefficient (Wildman–Crippen LogP) is 1.52. The summed E-state index contributed by atoms with van der Waals surface area (Å²) in [5, 5.41) is 4.06. The molecular formula is C13H19F3N4O. The fourth-order valence-corrected chi connectivity index (χ4v) is 2.71. The summed E-state index contributed by atoms with van der Waals surface area (Å²) >= 11 is 0. The van der Waals surface area contributed by atoms with Crippen LogP contribution in [0.5, 0.6) is 0 Å². The van der Waals surface area contributed by atoms with Crippen molar-refractivity contribution < 1.29 is 18.0 Å². The Morgan fingerprint density at radius 1 is 1.52 bits per heavy atom. The van der Waals surface area contributed by atoms with E-state index in [1.165, 1.54) is 9.58 Å². The molecule has 0 saturated carbocycles. The predicted molar refractivity (Wildman–Crippen MR) is 70.8 cm³/mol. The highest BCUT2D eigenvalue weighted by molar-refractivity contribution is 5.92. The van der Waals surface area contributed by atoms with Crippen molar-refractivity contribution in [3.05, 3.63) is 18.0 Å². The van der Waals surface area contributed by atoms with E-state index in [4.69, 9.17) is 0 Å². The molecule has 5 nitrogen and oxygen atoms in total. The number of likely N-dealkylation sites (N-methyl/N-ethyl adjacent to an activating group) is 1. The number of aromatic nitrogens is 2. The highest BCUT2D eigenvalue weighted by Gasteiger charge is 2.37. The van der Waals surface area contributed by atoms with Crippen LogP contribution in [-0.2, 0) is 7.05 Å². The van der Waals surface area contributed by atoms with E-state index in [1.807, 2.05) is 6.92 Å². The van der Waals surface area contributed by atoms with Gasteiger partial charge in [-0.3, -0.25) is 14.4 Å². The Kier molecular flexibility index (Phi) is 4.55. The summed E-state index contributed by atoms with van der Waals surface area (Å²) in [6.07, 6.45) is -1.97. The molecule has 21 heavy (non-hydrogen) atoms. The third-order valence-electron chi connectivity index (χ3n) is 3.63. The van der Waals surface area contributed by atoms with Crippen LogP contribution in [0.15, 0.2) is 12.3 Å². The number of carbonyl (C=O) groups excluding carboxylic acids is 1. The maximum Gasteiger partial charge on any atom is 0.401 e. The van der Waals surface area contributed by atoms with E-state index >= 15 is 0 Å². The SMILES string of the molecule is CCN(C(=O)c1ccn(C)n1)C1CCN(CC(F)(F)F)C1. The number of likely N-dealkylation sites (tertiary alicyclic amines) is 1. The second-order valence-electron chi connectivity index (χ2n) is 5.26. The van der Waals surface area contributed by atoms with Gasteiger partial charge in [-0.25, -0.2) is 0 Å². The van der Waals surface area contributed by atoms with Gasteiger partial charge < -0.3 is 4.90 Å². The number of hydrogen-bond donors (Lipinski definition) is 0. The van der Waals surface area contributed by atoms with Crippen LogP contribution in [0.3, 0.4) is 0 Å². The van der Waals surface area contributed by atoms with Gasteiger partial charge in [0.25, 0.3) is 5.91 Å². The van der Waals surface area contributed by atoms with Gasteiger partial charge in [-0.2, -0.15) is 18.3 Å². The van der Waals surface area contributed by atoms with E-state index in [9.17, 15) is 18.0 Å². The molecular weight excluding hydrogens is 285 g/mol. The standard InChI is InChI=1S/C13H19F3N4O/c1-3-20(12(21)11-5-6-18(2)17-11)10-4-7-19(8-10)9-13(14,15)16/h5-6,10H,3-4,7-9H2,1-2H3. The van der Waals surface area contributed by atoms with Crippen LogP contribution >= 0.6 is 0 Å². The minimum Gasteiger partial charge on any atom is -0.333 e. The van der Waals surface area contributed by atoms with Crippen molar-refractivity contribution in [1.82, 2.24) is 19.6 Å². The molecule has 1 atom stereocenters. The largest absolute Gasteiger partial charge is 0.401 e. The Morgan fingerprint density at radius 3 is 2.76 bits per heavy atom. The zero-order chi connectivity index (χ0) is 15.6. The van der Waals surface area contributed by atoms with Gasteiger partial charge in [0, 0.05) is 38.9 Å². The van der Waals surface area contributed by atoms with E-state index in [0.717, 1.165) is 0 Å². The first-order valence-corrected chi connectivity index (χ1v) is 6.90. The quantitative estimate of drug-likeness (QED) is 0.847. The Morgan fingerprint density at radius 2 is 2.24 bits per heavy atom. The Balaban J connectivity index is 2.01. The number of amides is 1. The van der Waals surface area contributed by atoms with Crippen molar-refractivity contribution in [1.29, 1.82) is 0 Å². The average Bonchev–Trinajstić information content (AvgIpc) is 2.98. The van der Waals surface area contributed by atoms with Gasteiger partial charge in [-0.15, -0.1) is 0 Å². The Bertz CT molecular complexity index is 500. The van der Waals surface area contributed by atoms with Crippen LogP contribution in [0, 0.1) is 0 Å². The van der Waals surface area contributed by atoms with E-state index in [2.05, 4.69) is 5.10 Å². The molecule has 0 spiro atoms. The number of nitrogens with zero attached hydrogens (tertiary/aromatic N) is 4. The lowest BCUT2D eigenvalue weighted by Crippen LogP contribution is -2.43. The summed E-state index contributed by atoms with van der Waals surface area (Å²) in [7, 11) is 1.72. The Hall–Kier alpha value is -1.57. The molecule has 1 aliphatic heterocycles. The van der Waals surface area contributed by atoms with Gasteiger partial charge in [-0.1, -0.05) is 0 Å². The molecule has 118 valence electrons. The van der Waals surface area contributed by atoms with Crippen LogP contribution in [0.4, 0.5) is 13.2 Å². The summed E-state index contributed by atoms with van der Waals surface area (Å²) in [5.41, 5.74) is 0.327. The van der Waals surface area contributed by atoms with Gasteiger partial charge in [0.1, 0.15) is 5.69 Å². The van der Waals surface area contributed by atoms with Crippen LogP contribution < -0.4 is 0 Å². The zero-order valence-electron chi connectivity index (χ0n) is 12.1. The molecule has 0 aliphatic carbocycles. The highest BCUT2D eigenvalue weighted by atomic mass is 19.4. The number of carbonyl (C=O) groups is 1. The fourth-order valence-electron chi connectivity index (χ4n) is 2.71. The summed E-state index contributed by atoms with van der Waals surface area (Å²) in [4.78, 5) is 15.3. The second kappa shape index (κ2) is 6.05. The molecule has 1 saturated heterocycles. The van der Waals surface area contributed by atoms with E-state index in [-0.39, 0.29) is 18.5 Å². The molecule has 1 aromatic heterocycles. The smallest absolute Gasteiger partial charge is 0.333 e. The molecule has 2 heterocycles. The van der Waals surface area contributed by atoms with E-state index in [0.29, 0.717) is 25.2 Å². The molecule has 0 radical (unpaired) electrons. The fraction of sp³-hybridized carbons (Fsp3) is 0.692. The summed E-state index contributed by atoms with van der Waals surface area (Å²) < 4.78 is 38.8. The van der Waals surface area contributed by atoms with Crippen molar-refractivity contribution in [3.8, 4) is 0 Å². The molecule has 0 aromatic carbocycles. The van der Waals surface area contributed by atoms with Crippen LogP contribution in [0.2, 0.25) is 0 Å². The maximum absolute atomic E-state index is 12.4. The van der Waals surface area contributed by atoms with Crippen molar-refractivity contribution in [2.45, 2.75) is 25.6 Å². The minimum absolute atomic E-state index is 0.188. The normalized spacial score (nSPS) is 20.0. The first-order valence-electron chi connectivity index (χ1n) is 6.90. The van der Waals surface area contributed by atoms with Crippen LogP contribution in [0.25, 0.3) is 0 Å². The van der Waals surface area contributed by atoms with E-state index < -0.39 is 12.7 Å². The zero-order valence-corrected chi connectivity index (χ0v) is 12.1. The summed E-state index contributed by atoms with van der Waals surface area (Å²) in [6, 6.07) is 1.43. The third kappa shape index (κ3) is 3.96. The molecule has 1 amide bonds. The lowest BCUT2D eigenvalue weighted by molar-refractivity contribution is -0.143. The molecule has 8 heteroatoms.